The van der Waals surface area contributed by atoms with Crippen molar-refractivity contribution in [1.82, 2.24) is 9.97 Å². The first-order valence-electron chi connectivity index (χ1n) is 9.12. The zero-order valence-electron chi connectivity index (χ0n) is 16.5. The lowest BCUT2D eigenvalue weighted by Crippen LogP contribution is -2.12. The second kappa shape index (κ2) is 9.75. The van der Waals surface area contributed by atoms with Crippen LogP contribution in [0, 0.1) is 6.92 Å². The molecule has 0 fully saturated rings. The third-order valence-corrected chi connectivity index (χ3v) is 4.37. The van der Waals surface area contributed by atoms with Crippen molar-refractivity contribution >= 4 is 17.7 Å². The fourth-order valence-corrected chi connectivity index (χ4v) is 2.91. The minimum Gasteiger partial charge on any atom is -0.496 e. The number of nitrogens with one attached hydrogen (secondary N) is 1. The molecule has 0 aliphatic rings. The zero-order chi connectivity index (χ0) is 19.8. The maximum atomic E-state index is 11.9. The molecule has 0 radical (unpaired) electrons. The molecule has 7 nitrogen and oxygen atoms in total. The molecule has 0 amide bonds. The van der Waals surface area contributed by atoms with Crippen LogP contribution >= 0.6 is 0 Å². The fraction of sp³-hybridized carbons (Fsp3) is 0.450. The van der Waals surface area contributed by atoms with Crippen molar-refractivity contribution in [2.24, 2.45) is 0 Å². The topological polar surface area (TPSA) is 99.4 Å². The standard InChI is InChI=1S/C20H28N4O3/c1-5-6-7-10-22-18-16(13(2)23-20(21)24-18)12-15-11-14(19(25)27-4)8-9-17(15)26-3/h8-9,11H,5-7,10,12H2,1-4H3,(H3,21,22,23,24). The molecule has 0 spiro atoms. The van der Waals surface area contributed by atoms with Crippen LogP contribution in [0.5, 0.6) is 5.75 Å². The molecular weight excluding hydrogens is 344 g/mol. The van der Waals surface area contributed by atoms with E-state index in [1.54, 1.807) is 25.3 Å². The van der Waals surface area contributed by atoms with Crippen molar-refractivity contribution in [3.8, 4) is 5.75 Å². The van der Waals surface area contributed by atoms with E-state index in [1.807, 2.05) is 6.92 Å². The Morgan fingerprint density at radius 3 is 2.67 bits per heavy atom. The summed E-state index contributed by atoms with van der Waals surface area (Å²) in [4.78, 5) is 20.6. The average molecular weight is 372 g/mol. The molecule has 27 heavy (non-hydrogen) atoms. The van der Waals surface area contributed by atoms with E-state index in [2.05, 4.69) is 22.2 Å². The molecule has 0 saturated carbocycles. The number of benzene rings is 1. The van der Waals surface area contributed by atoms with Crippen LogP contribution in [-0.4, -0.2) is 36.7 Å². The summed E-state index contributed by atoms with van der Waals surface area (Å²) in [5.41, 5.74) is 8.90. The van der Waals surface area contributed by atoms with E-state index in [0.717, 1.165) is 48.4 Å². The fourth-order valence-electron chi connectivity index (χ4n) is 2.91. The molecule has 0 bridgehead atoms. The molecule has 0 atom stereocenters. The van der Waals surface area contributed by atoms with E-state index >= 15 is 0 Å². The number of anilines is 2. The van der Waals surface area contributed by atoms with Gasteiger partial charge in [0.15, 0.2) is 0 Å². The Bertz CT molecular complexity index is 793. The van der Waals surface area contributed by atoms with Crippen LogP contribution in [0.15, 0.2) is 18.2 Å². The van der Waals surface area contributed by atoms with Gasteiger partial charge in [0.25, 0.3) is 0 Å². The van der Waals surface area contributed by atoms with Gasteiger partial charge in [0.05, 0.1) is 19.8 Å². The van der Waals surface area contributed by atoms with Crippen molar-refractivity contribution < 1.29 is 14.3 Å². The highest BCUT2D eigenvalue weighted by Crippen LogP contribution is 2.27. The van der Waals surface area contributed by atoms with Crippen LogP contribution in [0.1, 0.15) is 53.4 Å². The van der Waals surface area contributed by atoms with Crippen molar-refractivity contribution in [2.75, 3.05) is 31.8 Å². The van der Waals surface area contributed by atoms with E-state index in [4.69, 9.17) is 15.2 Å². The Morgan fingerprint density at radius 1 is 1.22 bits per heavy atom. The highest BCUT2D eigenvalue weighted by atomic mass is 16.5. The van der Waals surface area contributed by atoms with E-state index in [9.17, 15) is 4.79 Å². The molecule has 2 rings (SSSR count). The molecule has 1 aromatic heterocycles. The molecule has 3 N–H and O–H groups in total. The quantitative estimate of drug-likeness (QED) is 0.514. The summed E-state index contributed by atoms with van der Waals surface area (Å²) >= 11 is 0. The van der Waals surface area contributed by atoms with Gasteiger partial charge in [0.1, 0.15) is 11.6 Å². The molecular formula is C20H28N4O3. The van der Waals surface area contributed by atoms with Crippen molar-refractivity contribution in [1.29, 1.82) is 0 Å². The van der Waals surface area contributed by atoms with Crippen LogP contribution in [0.2, 0.25) is 0 Å². The Morgan fingerprint density at radius 2 is 2.00 bits per heavy atom. The third kappa shape index (κ3) is 5.32. The molecule has 0 unspecified atom stereocenters. The van der Waals surface area contributed by atoms with Crippen molar-refractivity contribution in [2.45, 2.75) is 39.5 Å². The minimum atomic E-state index is -0.387. The number of aromatic nitrogens is 2. The number of aryl methyl sites for hydroxylation is 1. The largest absolute Gasteiger partial charge is 0.496 e. The van der Waals surface area contributed by atoms with E-state index in [0.29, 0.717) is 17.7 Å². The first-order chi connectivity index (χ1) is 13.0. The summed E-state index contributed by atoms with van der Waals surface area (Å²) in [6, 6.07) is 5.23. The van der Waals surface area contributed by atoms with Gasteiger partial charge in [-0.1, -0.05) is 19.8 Å². The van der Waals surface area contributed by atoms with Crippen molar-refractivity contribution in [3.05, 3.63) is 40.6 Å². The normalized spacial score (nSPS) is 10.5. The number of unbranched alkanes of at least 4 members (excludes halogenated alkanes) is 2. The number of ether oxygens (including phenoxy) is 2. The highest BCUT2D eigenvalue weighted by Gasteiger charge is 2.16. The SMILES string of the molecule is CCCCCNc1nc(N)nc(C)c1Cc1cc(C(=O)OC)ccc1OC. The Hall–Kier alpha value is -2.83. The zero-order valence-corrected chi connectivity index (χ0v) is 16.5. The van der Waals surface area contributed by atoms with E-state index in [1.165, 1.54) is 7.11 Å². The number of nitrogens with two attached hydrogens (primary N) is 1. The van der Waals surface area contributed by atoms with Crippen LogP contribution in [0.4, 0.5) is 11.8 Å². The smallest absolute Gasteiger partial charge is 0.337 e. The number of nitrogen functional groups attached to an aromatic ring is 1. The molecule has 2 aromatic rings. The average Bonchev–Trinajstić information content (AvgIpc) is 2.66. The van der Waals surface area contributed by atoms with Crippen LogP contribution in [0.25, 0.3) is 0 Å². The van der Waals surface area contributed by atoms with E-state index < -0.39 is 0 Å². The van der Waals surface area contributed by atoms with Gasteiger partial charge in [-0.25, -0.2) is 9.78 Å². The van der Waals surface area contributed by atoms with Gasteiger partial charge in [-0.2, -0.15) is 4.98 Å². The first-order valence-corrected chi connectivity index (χ1v) is 9.12. The minimum absolute atomic E-state index is 0.240. The molecule has 0 aliphatic carbocycles. The lowest BCUT2D eigenvalue weighted by molar-refractivity contribution is 0.0600. The highest BCUT2D eigenvalue weighted by molar-refractivity contribution is 5.89. The van der Waals surface area contributed by atoms with E-state index in [-0.39, 0.29) is 11.9 Å². The lowest BCUT2D eigenvalue weighted by Gasteiger charge is -2.16. The van der Waals surface area contributed by atoms with Crippen LogP contribution < -0.4 is 15.8 Å². The maximum absolute atomic E-state index is 11.9. The molecule has 1 aromatic carbocycles. The monoisotopic (exact) mass is 372 g/mol. The molecule has 0 saturated heterocycles. The van der Waals surface area contributed by atoms with Crippen LogP contribution in [0.3, 0.4) is 0 Å². The number of methoxy groups -OCH3 is 2. The van der Waals surface area contributed by atoms with Gasteiger partial charge in [-0.05, 0) is 37.1 Å². The third-order valence-electron chi connectivity index (χ3n) is 4.37. The number of nitrogens with zero attached hydrogens (tertiary/aromatic N) is 2. The second-order valence-corrected chi connectivity index (χ2v) is 6.32. The van der Waals surface area contributed by atoms with Gasteiger partial charge in [-0.3, -0.25) is 0 Å². The number of esters is 1. The number of hydrogen-bond donors (Lipinski definition) is 2. The summed E-state index contributed by atoms with van der Waals surface area (Å²) in [7, 11) is 2.97. The molecule has 146 valence electrons. The number of hydrogen-bond acceptors (Lipinski definition) is 7. The van der Waals surface area contributed by atoms with Crippen molar-refractivity contribution in [3.63, 3.8) is 0 Å². The van der Waals surface area contributed by atoms with Gasteiger partial charge in [0.2, 0.25) is 5.95 Å². The summed E-state index contributed by atoms with van der Waals surface area (Å²) < 4.78 is 10.3. The Balaban J connectivity index is 2.36. The summed E-state index contributed by atoms with van der Waals surface area (Å²) in [6.07, 6.45) is 3.87. The molecule has 0 aliphatic heterocycles. The summed E-state index contributed by atoms with van der Waals surface area (Å²) in [5.74, 6) is 1.27. The van der Waals surface area contributed by atoms with Gasteiger partial charge in [-0.15, -0.1) is 0 Å². The number of rotatable bonds is 9. The summed E-state index contributed by atoms with van der Waals surface area (Å²) in [5, 5.41) is 3.37. The predicted octanol–water partition coefficient (Wildman–Crippen LogP) is 3.36. The van der Waals surface area contributed by atoms with Crippen LogP contribution in [-0.2, 0) is 11.2 Å². The Kier molecular flexibility index (Phi) is 7.40. The molecule has 7 heteroatoms. The van der Waals surface area contributed by atoms with Gasteiger partial charge < -0.3 is 20.5 Å². The first kappa shape index (κ1) is 20.5. The van der Waals surface area contributed by atoms with Gasteiger partial charge in [0, 0.05) is 24.2 Å². The number of carbonyl (C=O) groups excluding carboxylic acids is 1. The predicted molar refractivity (Wildman–Crippen MR) is 106 cm³/mol. The lowest BCUT2D eigenvalue weighted by atomic mass is 10.0. The number of carbonyl (C=O) groups is 1. The van der Waals surface area contributed by atoms with Gasteiger partial charge >= 0.3 is 5.97 Å². The second-order valence-electron chi connectivity index (χ2n) is 6.32. The maximum Gasteiger partial charge on any atom is 0.337 e. The summed E-state index contributed by atoms with van der Waals surface area (Å²) in [6.45, 7) is 4.89. The molecule has 1 heterocycles. The Labute approximate surface area is 160 Å².